The Labute approximate surface area is 121 Å². The number of carbonyl (C=O) groups excluding carboxylic acids is 1. The molecule has 0 saturated carbocycles. The van der Waals surface area contributed by atoms with Gasteiger partial charge in [0.2, 0.25) is 5.91 Å². The molecule has 0 heterocycles. The van der Waals surface area contributed by atoms with Crippen molar-refractivity contribution in [2.75, 3.05) is 18.5 Å². The molecule has 0 aliphatic rings. The number of anilines is 1. The highest BCUT2D eigenvalue weighted by molar-refractivity contribution is 5.93. The maximum atomic E-state index is 12.3. The molecule has 1 atom stereocenters. The fourth-order valence-electron chi connectivity index (χ4n) is 2.09. The number of carbonyl (C=O) groups is 1. The first-order valence-electron chi connectivity index (χ1n) is 7.25. The van der Waals surface area contributed by atoms with Crippen molar-refractivity contribution in [3.8, 4) is 0 Å². The van der Waals surface area contributed by atoms with Crippen LogP contribution in [0.15, 0.2) is 24.3 Å². The Balaban J connectivity index is 2.73. The molecule has 3 N–H and O–H groups in total. The third-order valence-corrected chi connectivity index (χ3v) is 3.15. The summed E-state index contributed by atoms with van der Waals surface area (Å²) in [6, 6.07) is 7.71. The quantitative estimate of drug-likeness (QED) is 0.768. The number of hydrogen-bond donors (Lipinski definition) is 2. The van der Waals surface area contributed by atoms with Gasteiger partial charge < -0.3 is 15.8 Å². The molecular weight excluding hydrogens is 252 g/mol. The summed E-state index contributed by atoms with van der Waals surface area (Å²) >= 11 is 0. The zero-order valence-corrected chi connectivity index (χ0v) is 12.7. The largest absolute Gasteiger partial charge is 0.377 e. The predicted octanol–water partition coefficient (Wildman–Crippen LogP) is 2.78. The van der Waals surface area contributed by atoms with E-state index in [9.17, 15) is 4.79 Å². The molecule has 0 bridgehead atoms. The third kappa shape index (κ3) is 5.31. The number of benzene rings is 1. The van der Waals surface area contributed by atoms with E-state index in [1.807, 2.05) is 31.2 Å². The molecule has 1 unspecified atom stereocenters. The molecule has 0 aromatic heterocycles. The number of nitrogens with one attached hydrogen (secondary N) is 1. The number of ether oxygens (including phenoxy) is 1. The molecular formula is C16H26N2O2. The Morgan fingerprint density at radius 1 is 1.35 bits per heavy atom. The standard InChI is InChI=1S/C16H26N2O2/c1-4-20-11-13-7-5-6-8-15(13)18-16(19)14(10-17)9-12(2)3/h5-8,12,14H,4,9-11,17H2,1-3H3,(H,18,19). The number of nitrogens with two attached hydrogens (primary N) is 1. The lowest BCUT2D eigenvalue weighted by molar-refractivity contribution is -0.120. The van der Waals surface area contributed by atoms with E-state index in [1.165, 1.54) is 0 Å². The van der Waals surface area contributed by atoms with Crippen molar-refractivity contribution in [2.24, 2.45) is 17.6 Å². The average molecular weight is 278 g/mol. The summed E-state index contributed by atoms with van der Waals surface area (Å²) in [6.45, 7) is 7.68. The van der Waals surface area contributed by atoms with Gasteiger partial charge in [-0.15, -0.1) is 0 Å². The van der Waals surface area contributed by atoms with E-state index in [-0.39, 0.29) is 11.8 Å². The maximum Gasteiger partial charge on any atom is 0.228 e. The Bertz CT molecular complexity index is 419. The van der Waals surface area contributed by atoms with Gasteiger partial charge in [-0.1, -0.05) is 32.0 Å². The summed E-state index contributed by atoms with van der Waals surface area (Å²) in [5.74, 6) is 0.299. The second kappa shape index (κ2) is 8.72. The minimum Gasteiger partial charge on any atom is -0.377 e. The smallest absolute Gasteiger partial charge is 0.228 e. The first kappa shape index (κ1) is 16.7. The van der Waals surface area contributed by atoms with Crippen LogP contribution in [-0.2, 0) is 16.1 Å². The Morgan fingerprint density at radius 3 is 2.65 bits per heavy atom. The summed E-state index contributed by atoms with van der Waals surface area (Å²) in [5, 5.41) is 2.98. The fraction of sp³-hybridized carbons (Fsp3) is 0.562. The highest BCUT2D eigenvalue weighted by Gasteiger charge is 2.19. The lowest BCUT2D eigenvalue weighted by Gasteiger charge is -2.18. The van der Waals surface area contributed by atoms with E-state index in [4.69, 9.17) is 10.5 Å². The van der Waals surface area contributed by atoms with Gasteiger partial charge in [0, 0.05) is 24.4 Å². The first-order valence-corrected chi connectivity index (χ1v) is 7.25. The van der Waals surface area contributed by atoms with Gasteiger partial charge in [-0.25, -0.2) is 0 Å². The molecule has 1 aromatic carbocycles. The van der Waals surface area contributed by atoms with Crippen molar-refractivity contribution in [3.63, 3.8) is 0 Å². The number of amides is 1. The maximum absolute atomic E-state index is 12.3. The van der Waals surface area contributed by atoms with Crippen molar-refractivity contribution < 1.29 is 9.53 Å². The van der Waals surface area contributed by atoms with Crippen LogP contribution in [0.25, 0.3) is 0 Å². The van der Waals surface area contributed by atoms with Gasteiger partial charge in [0.15, 0.2) is 0 Å². The summed E-state index contributed by atoms with van der Waals surface area (Å²) in [5.41, 5.74) is 7.51. The van der Waals surface area contributed by atoms with E-state index in [0.717, 1.165) is 17.7 Å². The minimum absolute atomic E-state index is 0.00912. The van der Waals surface area contributed by atoms with Gasteiger partial charge in [-0.2, -0.15) is 0 Å². The minimum atomic E-state index is -0.143. The van der Waals surface area contributed by atoms with E-state index < -0.39 is 0 Å². The van der Waals surface area contributed by atoms with Crippen molar-refractivity contribution in [3.05, 3.63) is 29.8 Å². The van der Waals surface area contributed by atoms with Crippen LogP contribution in [-0.4, -0.2) is 19.1 Å². The molecule has 0 saturated heterocycles. The molecule has 0 aliphatic heterocycles. The molecule has 20 heavy (non-hydrogen) atoms. The van der Waals surface area contributed by atoms with Crippen molar-refractivity contribution in [1.29, 1.82) is 0 Å². The van der Waals surface area contributed by atoms with Crippen LogP contribution in [0.5, 0.6) is 0 Å². The van der Waals surface area contributed by atoms with Gasteiger partial charge in [-0.3, -0.25) is 4.79 Å². The SMILES string of the molecule is CCOCc1ccccc1NC(=O)C(CN)CC(C)C. The number of rotatable bonds is 8. The summed E-state index contributed by atoms with van der Waals surface area (Å²) in [7, 11) is 0. The number of hydrogen-bond acceptors (Lipinski definition) is 3. The fourth-order valence-corrected chi connectivity index (χ4v) is 2.09. The van der Waals surface area contributed by atoms with E-state index in [1.54, 1.807) is 0 Å². The van der Waals surface area contributed by atoms with Gasteiger partial charge in [0.05, 0.1) is 12.5 Å². The van der Waals surface area contributed by atoms with Crippen LogP contribution >= 0.6 is 0 Å². The van der Waals surface area contributed by atoms with Crippen LogP contribution in [0.4, 0.5) is 5.69 Å². The van der Waals surface area contributed by atoms with Crippen molar-refractivity contribution >= 4 is 11.6 Å². The molecule has 0 fully saturated rings. The van der Waals surface area contributed by atoms with E-state index in [0.29, 0.717) is 25.7 Å². The van der Waals surface area contributed by atoms with Crippen LogP contribution in [0.2, 0.25) is 0 Å². The van der Waals surface area contributed by atoms with E-state index >= 15 is 0 Å². The van der Waals surface area contributed by atoms with Gasteiger partial charge >= 0.3 is 0 Å². The monoisotopic (exact) mass is 278 g/mol. The first-order chi connectivity index (χ1) is 9.58. The lowest BCUT2D eigenvalue weighted by Crippen LogP contribution is -2.30. The lowest BCUT2D eigenvalue weighted by atomic mass is 9.96. The van der Waals surface area contributed by atoms with Gasteiger partial charge in [0.25, 0.3) is 0 Å². The van der Waals surface area contributed by atoms with Gasteiger partial charge in [0.1, 0.15) is 0 Å². The zero-order chi connectivity index (χ0) is 15.0. The Kier molecular flexibility index (Phi) is 7.26. The molecule has 0 spiro atoms. The number of para-hydroxylation sites is 1. The Morgan fingerprint density at radius 2 is 2.05 bits per heavy atom. The Hall–Kier alpha value is -1.39. The van der Waals surface area contributed by atoms with Crippen LogP contribution in [0, 0.1) is 11.8 Å². The molecule has 1 amide bonds. The van der Waals surface area contributed by atoms with Gasteiger partial charge in [-0.05, 0) is 25.3 Å². The molecule has 0 aliphatic carbocycles. The van der Waals surface area contributed by atoms with Crippen LogP contribution in [0.1, 0.15) is 32.8 Å². The second-order valence-electron chi connectivity index (χ2n) is 5.35. The molecule has 4 nitrogen and oxygen atoms in total. The van der Waals surface area contributed by atoms with Crippen LogP contribution in [0.3, 0.4) is 0 Å². The molecule has 1 aromatic rings. The summed E-state index contributed by atoms with van der Waals surface area (Å²) in [6.07, 6.45) is 0.802. The highest BCUT2D eigenvalue weighted by Crippen LogP contribution is 2.19. The molecule has 4 heteroatoms. The zero-order valence-electron chi connectivity index (χ0n) is 12.7. The van der Waals surface area contributed by atoms with Crippen molar-refractivity contribution in [1.82, 2.24) is 0 Å². The molecule has 1 rings (SSSR count). The predicted molar refractivity (Wildman–Crippen MR) is 82.4 cm³/mol. The molecule has 112 valence electrons. The second-order valence-corrected chi connectivity index (χ2v) is 5.35. The summed E-state index contributed by atoms with van der Waals surface area (Å²) < 4.78 is 5.42. The summed E-state index contributed by atoms with van der Waals surface area (Å²) in [4.78, 5) is 12.3. The third-order valence-electron chi connectivity index (χ3n) is 3.15. The van der Waals surface area contributed by atoms with Crippen molar-refractivity contribution in [2.45, 2.75) is 33.8 Å². The molecule has 0 radical (unpaired) electrons. The topological polar surface area (TPSA) is 64.3 Å². The highest BCUT2D eigenvalue weighted by atomic mass is 16.5. The van der Waals surface area contributed by atoms with E-state index in [2.05, 4.69) is 19.2 Å². The average Bonchev–Trinajstić information content (AvgIpc) is 2.43. The van der Waals surface area contributed by atoms with Crippen LogP contribution < -0.4 is 11.1 Å². The normalized spacial score (nSPS) is 12.4.